The molecule has 0 aromatic heterocycles. The molecule has 5 nitrogen and oxygen atoms in total. The SMILES string of the molecule is CCOc1ccc(C(c2cccc(F)c2)N2CCCC(C(=O)O)C2)cc1OCC. The lowest BCUT2D eigenvalue weighted by atomic mass is 9.91. The number of likely N-dealkylation sites (tertiary alicyclic amines) is 1. The Labute approximate surface area is 171 Å². The van der Waals surface area contributed by atoms with Crippen molar-refractivity contribution in [2.45, 2.75) is 32.7 Å². The lowest BCUT2D eigenvalue weighted by molar-refractivity contribution is -0.143. The highest BCUT2D eigenvalue weighted by Gasteiger charge is 2.32. The lowest BCUT2D eigenvalue weighted by Crippen LogP contribution is -2.41. The van der Waals surface area contributed by atoms with Crippen molar-refractivity contribution in [2.75, 3.05) is 26.3 Å². The Morgan fingerprint density at radius 1 is 1.14 bits per heavy atom. The summed E-state index contributed by atoms with van der Waals surface area (Å²) in [6, 6.07) is 12.0. The van der Waals surface area contributed by atoms with Crippen molar-refractivity contribution in [1.29, 1.82) is 0 Å². The molecule has 1 saturated heterocycles. The zero-order valence-corrected chi connectivity index (χ0v) is 16.9. The minimum absolute atomic E-state index is 0.261. The first kappa shape index (κ1) is 21.1. The minimum Gasteiger partial charge on any atom is -0.490 e. The van der Waals surface area contributed by atoms with Gasteiger partial charge in [0.2, 0.25) is 0 Å². The van der Waals surface area contributed by atoms with E-state index in [2.05, 4.69) is 4.90 Å². The standard InChI is InChI=1S/C23H28FNO4/c1-3-28-20-11-10-17(14-21(20)29-4-2)22(16-7-5-9-19(24)13-16)25-12-6-8-18(15-25)23(26)27/h5,7,9-11,13-14,18,22H,3-4,6,8,12,15H2,1-2H3,(H,26,27). The van der Waals surface area contributed by atoms with Crippen LogP contribution in [0.4, 0.5) is 4.39 Å². The summed E-state index contributed by atoms with van der Waals surface area (Å²) in [7, 11) is 0. The smallest absolute Gasteiger partial charge is 0.307 e. The normalized spacial score (nSPS) is 18.2. The van der Waals surface area contributed by atoms with E-state index in [1.54, 1.807) is 6.07 Å². The number of ether oxygens (including phenoxy) is 2. The van der Waals surface area contributed by atoms with Crippen LogP contribution in [0.1, 0.15) is 43.9 Å². The second kappa shape index (κ2) is 9.74. The minimum atomic E-state index is -0.783. The molecule has 1 fully saturated rings. The third-order valence-electron chi connectivity index (χ3n) is 5.21. The fourth-order valence-electron chi connectivity index (χ4n) is 3.97. The summed E-state index contributed by atoms with van der Waals surface area (Å²) < 4.78 is 25.5. The van der Waals surface area contributed by atoms with E-state index in [-0.39, 0.29) is 11.9 Å². The molecule has 2 aromatic rings. The maximum atomic E-state index is 14.0. The monoisotopic (exact) mass is 401 g/mol. The number of carboxylic acids is 1. The van der Waals surface area contributed by atoms with Gasteiger partial charge in [-0.05, 0) is 68.6 Å². The van der Waals surface area contributed by atoms with Gasteiger partial charge in [-0.25, -0.2) is 4.39 Å². The topological polar surface area (TPSA) is 59.0 Å². The Morgan fingerprint density at radius 2 is 1.86 bits per heavy atom. The van der Waals surface area contributed by atoms with E-state index >= 15 is 0 Å². The second-order valence-corrected chi connectivity index (χ2v) is 7.20. The number of hydrogen-bond donors (Lipinski definition) is 1. The molecule has 0 aliphatic carbocycles. The molecule has 0 saturated carbocycles. The Morgan fingerprint density at radius 3 is 2.55 bits per heavy atom. The third kappa shape index (κ3) is 5.07. The summed E-state index contributed by atoms with van der Waals surface area (Å²) >= 11 is 0. The molecule has 0 bridgehead atoms. The van der Waals surface area contributed by atoms with E-state index in [4.69, 9.17) is 9.47 Å². The van der Waals surface area contributed by atoms with Crippen LogP contribution >= 0.6 is 0 Å². The molecule has 1 heterocycles. The summed E-state index contributed by atoms with van der Waals surface area (Å²) in [6.45, 7) is 6.03. The van der Waals surface area contributed by atoms with Gasteiger partial charge in [0.15, 0.2) is 11.5 Å². The van der Waals surface area contributed by atoms with Gasteiger partial charge in [-0.2, -0.15) is 0 Å². The van der Waals surface area contributed by atoms with E-state index in [0.717, 1.165) is 24.1 Å². The van der Waals surface area contributed by atoms with Gasteiger partial charge in [0.1, 0.15) is 5.82 Å². The maximum Gasteiger partial charge on any atom is 0.307 e. The number of nitrogens with zero attached hydrogens (tertiary/aromatic N) is 1. The number of aliphatic carboxylic acids is 1. The largest absolute Gasteiger partial charge is 0.490 e. The van der Waals surface area contributed by atoms with Crippen molar-refractivity contribution < 1.29 is 23.8 Å². The van der Waals surface area contributed by atoms with Crippen molar-refractivity contribution in [3.05, 3.63) is 59.4 Å². The molecule has 2 aromatic carbocycles. The average Bonchev–Trinajstić information content (AvgIpc) is 2.71. The van der Waals surface area contributed by atoms with Crippen LogP contribution in [0, 0.1) is 11.7 Å². The van der Waals surface area contributed by atoms with Crippen LogP contribution in [0.3, 0.4) is 0 Å². The highest BCUT2D eigenvalue weighted by molar-refractivity contribution is 5.70. The highest BCUT2D eigenvalue weighted by atomic mass is 19.1. The van der Waals surface area contributed by atoms with Crippen molar-refractivity contribution >= 4 is 5.97 Å². The molecule has 0 spiro atoms. The fraction of sp³-hybridized carbons (Fsp3) is 0.435. The molecule has 6 heteroatoms. The molecular weight excluding hydrogens is 373 g/mol. The van der Waals surface area contributed by atoms with Crippen molar-refractivity contribution in [1.82, 2.24) is 4.90 Å². The third-order valence-corrected chi connectivity index (χ3v) is 5.21. The van der Waals surface area contributed by atoms with Gasteiger partial charge in [-0.15, -0.1) is 0 Å². The van der Waals surface area contributed by atoms with Crippen LogP contribution in [-0.4, -0.2) is 42.3 Å². The van der Waals surface area contributed by atoms with Gasteiger partial charge in [0.05, 0.1) is 25.2 Å². The van der Waals surface area contributed by atoms with Crippen LogP contribution in [0.2, 0.25) is 0 Å². The summed E-state index contributed by atoms with van der Waals surface area (Å²) in [5, 5.41) is 9.51. The van der Waals surface area contributed by atoms with Gasteiger partial charge in [-0.3, -0.25) is 9.69 Å². The van der Waals surface area contributed by atoms with E-state index in [1.807, 2.05) is 38.1 Å². The molecule has 3 rings (SSSR count). The number of carboxylic acid groups (broad SMARTS) is 1. The molecule has 2 unspecified atom stereocenters. The molecular formula is C23H28FNO4. The van der Waals surface area contributed by atoms with Crippen LogP contribution in [-0.2, 0) is 4.79 Å². The van der Waals surface area contributed by atoms with E-state index in [0.29, 0.717) is 37.7 Å². The number of piperidine rings is 1. The molecule has 0 amide bonds. The average molecular weight is 401 g/mol. The Hall–Kier alpha value is -2.60. The maximum absolute atomic E-state index is 14.0. The van der Waals surface area contributed by atoms with Crippen LogP contribution in [0.25, 0.3) is 0 Å². The first-order chi connectivity index (χ1) is 14.0. The fourth-order valence-corrected chi connectivity index (χ4v) is 3.97. The number of carbonyl (C=O) groups is 1. The predicted octanol–water partition coefficient (Wildman–Crippen LogP) is 4.51. The first-order valence-corrected chi connectivity index (χ1v) is 10.1. The quantitative estimate of drug-likeness (QED) is 0.705. The zero-order chi connectivity index (χ0) is 20.8. The lowest BCUT2D eigenvalue weighted by Gasteiger charge is -2.37. The molecule has 1 aliphatic rings. The van der Waals surface area contributed by atoms with E-state index in [1.165, 1.54) is 12.1 Å². The molecule has 1 N–H and O–H groups in total. The van der Waals surface area contributed by atoms with Crippen molar-refractivity contribution in [3.63, 3.8) is 0 Å². The number of benzene rings is 2. The van der Waals surface area contributed by atoms with Crippen LogP contribution < -0.4 is 9.47 Å². The molecule has 1 aliphatic heterocycles. The van der Waals surface area contributed by atoms with Gasteiger partial charge >= 0.3 is 5.97 Å². The molecule has 156 valence electrons. The number of halogens is 1. The highest BCUT2D eigenvalue weighted by Crippen LogP contribution is 2.37. The van der Waals surface area contributed by atoms with Crippen LogP contribution in [0.5, 0.6) is 11.5 Å². The molecule has 2 atom stereocenters. The predicted molar refractivity (Wildman–Crippen MR) is 109 cm³/mol. The van der Waals surface area contributed by atoms with Gasteiger partial charge in [0.25, 0.3) is 0 Å². The summed E-state index contributed by atoms with van der Waals surface area (Å²) in [5.74, 6) is -0.211. The van der Waals surface area contributed by atoms with E-state index < -0.39 is 11.9 Å². The Kier molecular flexibility index (Phi) is 7.09. The summed E-state index contributed by atoms with van der Waals surface area (Å²) in [4.78, 5) is 13.7. The number of rotatable bonds is 8. The first-order valence-electron chi connectivity index (χ1n) is 10.1. The van der Waals surface area contributed by atoms with Gasteiger partial charge in [-0.1, -0.05) is 18.2 Å². The zero-order valence-electron chi connectivity index (χ0n) is 16.9. The summed E-state index contributed by atoms with van der Waals surface area (Å²) in [5.41, 5.74) is 1.72. The van der Waals surface area contributed by atoms with Crippen molar-refractivity contribution in [2.24, 2.45) is 5.92 Å². The Bertz CT molecular complexity index is 841. The van der Waals surface area contributed by atoms with E-state index in [9.17, 15) is 14.3 Å². The van der Waals surface area contributed by atoms with Gasteiger partial charge in [0, 0.05) is 6.54 Å². The molecule has 29 heavy (non-hydrogen) atoms. The summed E-state index contributed by atoms with van der Waals surface area (Å²) in [6.07, 6.45) is 1.45. The number of hydrogen-bond acceptors (Lipinski definition) is 4. The Balaban J connectivity index is 2.03. The molecule has 0 radical (unpaired) electrons. The van der Waals surface area contributed by atoms with Gasteiger partial charge < -0.3 is 14.6 Å². The van der Waals surface area contributed by atoms with Crippen molar-refractivity contribution in [3.8, 4) is 11.5 Å². The van der Waals surface area contributed by atoms with Crippen LogP contribution in [0.15, 0.2) is 42.5 Å². The second-order valence-electron chi connectivity index (χ2n) is 7.20.